The first-order chi connectivity index (χ1) is 10.7. The molecule has 1 saturated heterocycles. The SMILES string of the molecule is O=C(c1cccc(F)c1)N1CC(N2CCc3sccc3C2)C1. The normalized spacial score (nSPS) is 18.9. The molecule has 2 aliphatic heterocycles. The summed E-state index contributed by atoms with van der Waals surface area (Å²) in [6, 6.07) is 8.58. The van der Waals surface area contributed by atoms with Crippen LogP contribution in [-0.2, 0) is 13.0 Å². The van der Waals surface area contributed by atoms with Crippen molar-refractivity contribution in [2.24, 2.45) is 0 Å². The number of fused-ring (bicyclic) bond motifs is 1. The molecule has 5 heteroatoms. The number of thiophene rings is 1. The minimum atomic E-state index is -0.357. The molecule has 0 saturated carbocycles. The maximum absolute atomic E-state index is 13.2. The summed E-state index contributed by atoms with van der Waals surface area (Å²) >= 11 is 1.84. The van der Waals surface area contributed by atoms with E-state index >= 15 is 0 Å². The number of hydrogen-bond donors (Lipinski definition) is 0. The molecule has 1 fully saturated rings. The lowest BCUT2D eigenvalue weighted by molar-refractivity contribution is 0.0220. The third-order valence-corrected chi connectivity index (χ3v) is 5.60. The van der Waals surface area contributed by atoms with Crippen LogP contribution in [0, 0.1) is 5.82 Å². The van der Waals surface area contributed by atoms with Crippen LogP contribution in [-0.4, -0.2) is 41.4 Å². The van der Waals surface area contributed by atoms with Crippen LogP contribution in [0.2, 0.25) is 0 Å². The molecule has 0 atom stereocenters. The molecule has 1 aromatic carbocycles. The number of amides is 1. The predicted octanol–water partition coefficient (Wildman–Crippen LogP) is 2.77. The first kappa shape index (κ1) is 13.9. The average molecular weight is 316 g/mol. The van der Waals surface area contributed by atoms with Crippen LogP contribution in [0.5, 0.6) is 0 Å². The Hall–Kier alpha value is -1.72. The van der Waals surface area contributed by atoms with Crippen LogP contribution in [0.15, 0.2) is 35.7 Å². The van der Waals surface area contributed by atoms with Crippen molar-refractivity contribution in [2.45, 2.75) is 19.0 Å². The molecule has 22 heavy (non-hydrogen) atoms. The van der Waals surface area contributed by atoms with Gasteiger partial charge in [0.05, 0.1) is 0 Å². The van der Waals surface area contributed by atoms with Crippen LogP contribution in [0.3, 0.4) is 0 Å². The highest BCUT2D eigenvalue weighted by Crippen LogP contribution is 2.28. The van der Waals surface area contributed by atoms with Crippen molar-refractivity contribution in [3.8, 4) is 0 Å². The van der Waals surface area contributed by atoms with Gasteiger partial charge in [-0.3, -0.25) is 9.69 Å². The van der Waals surface area contributed by atoms with Crippen LogP contribution in [0.25, 0.3) is 0 Å². The Morgan fingerprint density at radius 2 is 2.14 bits per heavy atom. The Morgan fingerprint density at radius 3 is 2.95 bits per heavy atom. The van der Waals surface area contributed by atoms with Gasteiger partial charge in [0.15, 0.2) is 0 Å². The zero-order valence-corrected chi connectivity index (χ0v) is 13.0. The second kappa shape index (κ2) is 5.48. The number of carbonyl (C=O) groups excluding carboxylic acids is 1. The molecule has 0 spiro atoms. The van der Waals surface area contributed by atoms with Crippen molar-refractivity contribution < 1.29 is 9.18 Å². The fourth-order valence-corrected chi connectivity index (χ4v) is 4.13. The van der Waals surface area contributed by atoms with Crippen LogP contribution in [0.4, 0.5) is 4.39 Å². The summed E-state index contributed by atoms with van der Waals surface area (Å²) in [5.74, 6) is -0.423. The van der Waals surface area contributed by atoms with E-state index in [-0.39, 0.29) is 11.7 Å². The van der Waals surface area contributed by atoms with E-state index in [2.05, 4.69) is 16.3 Å². The molecule has 1 aromatic heterocycles. The molecule has 114 valence electrons. The minimum Gasteiger partial charge on any atom is -0.335 e. The van der Waals surface area contributed by atoms with Crippen LogP contribution < -0.4 is 0 Å². The first-order valence-electron chi connectivity index (χ1n) is 7.55. The lowest BCUT2D eigenvalue weighted by Gasteiger charge is -2.46. The Labute approximate surface area is 133 Å². The summed E-state index contributed by atoms with van der Waals surface area (Å²) in [5.41, 5.74) is 1.88. The van der Waals surface area contributed by atoms with Crippen molar-refractivity contribution in [2.75, 3.05) is 19.6 Å². The number of rotatable bonds is 2. The second-order valence-corrected chi connectivity index (χ2v) is 6.96. The third-order valence-electron chi connectivity index (χ3n) is 4.57. The summed E-state index contributed by atoms with van der Waals surface area (Å²) in [6.45, 7) is 3.55. The van der Waals surface area contributed by atoms with Gasteiger partial charge < -0.3 is 4.90 Å². The molecule has 3 nitrogen and oxygen atoms in total. The minimum absolute atomic E-state index is 0.0658. The Kier molecular flexibility index (Phi) is 3.47. The molecular formula is C17H17FN2OS. The first-order valence-corrected chi connectivity index (χ1v) is 8.43. The van der Waals surface area contributed by atoms with E-state index in [0.29, 0.717) is 11.6 Å². The third kappa shape index (κ3) is 2.44. The maximum Gasteiger partial charge on any atom is 0.254 e. The molecule has 0 radical (unpaired) electrons. The van der Waals surface area contributed by atoms with Gasteiger partial charge in [0.25, 0.3) is 5.91 Å². The Bertz CT molecular complexity index is 708. The number of carbonyl (C=O) groups is 1. The molecule has 0 aliphatic carbocycles. The lowest BCUT2D eigenvalue weighted by Crippen LogP contribution is -2.61. The van der Waals surface area contributed by atoms with E-state index in [1.54, 1.807) is 12.1 Å². The Balaban J connectivity index is 1.37. The van der Waals surface area contributed by atoms with E-state index < -0.39 is 0 Å². The summed E-state index contributed by atoms with van der Waals surface area (Å²) in [4.78, 5) is 18.1. The maximum atomic E-state index is 13.2. The highest BCUT2D eigenvalue weighted by Gasteiger charge is 2.36. The van der Waals surface area contributed by atoms with Gasteiger partial charge in [0.1, 0.15) is 5.82 Å². The van der Waals surface area contributed by atoms with Gasteiger partial charge in [-0.05, 0) is 41.6 Å². The summed E-state index contributed by atoms with van der Waals surface area (Å²) < 4.78 is 13.2. The van der Waals surface area contributed by atoms with E-state index in [4.69, 9.17) is 0 Å². The fourth-order valence-electron chi connectivity index (χ4n) is 3.24. The predicted molar refractivity (Wildman–Crippen MR) is 84.5 cm³/mol. The highest BCUT2D eigenvalue weighted by atomic mass is 32.1. The number of likely N-dealkylation sites (tertiary alicyclic amines) is 1. The number of nitrogens with zero attached hydrogens (tertiary/aromatic N) is 2. The second-order valence-electron chi connectivity index (χ2n) is 5.96. The van der Waals surface area contributed by atoms with Gasteiger partial charge in [-0.15, -0.1) is 11.3 Å². The highest BCUT2D eigenvalue weighted by molar-refractivity contribution is 7.10. The topological polar surface area (TPSA) is 23.6 Å². The quantitative estimate of drug-likeness (QED) is 0.850. The molecule has 3 heterocycles. The van der Waals surface area contributed by atoms with E-state index in [1.807, 2.05) is 16.2 Å². The number of halogens is 1. The van der Waals surface area contributed by atoms with Crippen LogP contribution in [0.1, 0.15) is 20.8 Å². The molecule has 2 aromatic rings. The summed E-state index contributed by atoms with van der Waals surface area (Å²) in [5, 5.41) is 2.16. The van der Waals surface area contributed by atoms with E-state index in [1.165, 1.54) is 22.6 Å². The number of benzene rings is 1. The molecule has 0 bridgehead atoms. The molecular weight excluding hydrogens is 299 g/mol. The molecule has 4 rings (SSSR count). The molecule has 2 aliphatic rings. The molecule has 0 N–H and O–H groups in total. The van der Waals surface area contributed by atoms with Crippen molar-refractivity contribution in [1.82, 2.24) is 9.80 Å². The van der Waals surface area contributed by atoms with Crippen molar-refractivity contribution in [3.05, 3.63) is 57.5 Å². The van der Waals surface area contributed by atoms with Crippen molar-refractivity contribution >= 4 is 17.2 Å². The monoisotopic (exact) mass is 316 g/mol. The largest absolute Gasteiger partial charge is 0.335 e. The van der Waals surface area contributed by atoms with Gasteiger partial charge in [0, 0.05) is 42.7 Å². The van der Waals surface area contributed by atoms with Crippen LogP contribution >= 0.6 is 11.3 Å². The molecule has 1 amide bonds. The smallest absolute Gasteiger partial charge is 0.254 e. The van der Waals surface area contributed by atoms with Gasteiger partial charge in [0.2, 0.25) is 0 Å². The number of hydrogen-bond acceptors (Lipinski definition) is 3. The fraction of sp³-hybridized carbons (Fsp3) is 0.353. The lowest BCUT2D eigenvalue weighted by atomic mass is 10.0. The van der Waals surface area contributed by atoms with Gasteiger partial charge in [-0.2, -0.15) is 0 Å². The Morgan fingerprint density at radius 1 is 1.27 bits per heavy atom. The summed E-state index contributed by atoms with van der Waals surface area (Å²) in [6.07, 6.45) is 1.11. The average Bonchev–Trinajstić information content (AvgIpc) is 2.93. The standard InChI is InChI=1S/C17H17FN2OS/c18-14-3-1-2-12(8-14)17(21)20-10-15(11-20)19-6-4-16-13(9-19)5-7-22-16/h1-3,5,7-8,15H,4,6,9-11H2. The van der Waals surface area contributed by atoms with Gasteiger partial charge in [-0.25, -0.2) is 4.39 Å². The van der Waals surface area contributed by atoms with Crippen molar-refractivity contribution in [1.29, 1.82) is 0 Å². The molecule has 0 unspecified atom stereocenters. The van der Waals surface area contributed by atoms with Crippen molar-refractivity contribution in [3.63, 3.8) is 0 Å². The zero-order chi connectivity index (χ0) is 15.1. The van der Waals surface area contributed by atoms with Gasteiger partial charge >= 0.3 is 0 Å². The zero-order valence-electron chi connectivity index (χ0n) is 12.2. The van der Waals surface area contributed by atoms with E-state index in [0.717, 1.165) is 32.6 Å². The summed E-state index contributed by atoms with van der Waals surface area (Å²) in [7, 11) is 0. The van der Waals surface area contributed by atoms with Gasteiger partial charge in [-0.1, -0.05) is 6.07 Å². The van der Waals surface area contributed by atoms with E-state index in [9.17, 15) is 9.18 Å².